The topological polar surface area (TPSA) is 53.9 Å². The summed E-state index contributed by atoms with van der Waals surface area (Å²) in [5, 5.41) is 7.01. The summed E-state index contributed by atoms with van der Waals surface area (Å²) in [5.74, 6) is 0. The van der Waals surface area contributed by atoms with E-state index in [4.69, 9.17) is 4.84 Å². The smallest absolute Gasteiger partial charge is 0.390 e. The molecule has 0 aromatic heterocycles. The summed E-state index contributed by atoms with van der Waals surface area (Å²) in [6.07, 6.45) is -4.32. The van der Waals surface area contributed by atoms with Gasteiger partial charge < -0.3 is 15.1 Å². The number of nitrogens with one attached hydrogen (secondary N) is 1. The summed E-state index contributed by atoms with van der Waals surface area (Å²) in [4.78, 5) is 19.9. The van der Waals surface area contributed by atoms with Gasteiger partial charge in [-0.1, -0.05) is 47.6 Å². The molecule has 0 fully saturated rings. The normalized spacial score (nSPS) is 16.5. The zero-order valence-corrected chi connectivity index (χ0v) is 17.7. The first kappa shape index (κ1) is 22.7. The van der Waals surface area contributed by atoms with E-state index < -0.39 is 17.3 Å². The Labute approximate surface area is 179 Å². The van der Waals surface area contributed by atoms with Gasteiger partial charge in [-0.25, -0.2) is 4.79 Å². The number of nitrogens with zero attached hydrogens (tertiary/aromatic N) is 2. The van der Waals surface area contributed by atoms with Gasteiger partial charge in [0.2, 0.25) is 0 Å². The number of rotatable bonds is 5. The molecule has 1 aliphatic rings. The minimum atomic E-state index is -4.44. The van der Waals surface area contributed by atoms with Gasteiger partial charge in [0.25, 0.3) is 0 Å². The molecule has 0 saturated carbocycles. The molecular weight excluding hydrogens is 407 g/mol. The van der Waals surface area contributed by atoms with Crippen LogP contribution in [-0.4, -0.2) is 34.8 Å². The van der Waals surface area contributed by atoms with Crippen molar-refractivity contribution in [3.05, 3.63) is 71.3 Å². The van der Waals surface area contributed by atoms with E-state index in [9.17, 15) is 18.0 Å². The molecule has 166 valence electrons. The second kappa shape index (κ2) is 8.99. The first-order chi connectivity index (χ1) is 14.5. The van der Waals surface area contributed by atoms with E-state index in [-0.39, 0.29) is 25.2 Å². The third-order valence-corrected chi connectivity index (χ3v) is 4.66. The van der Waals surface area contributed by atoms with Crippen LogP contribution in [0.3, 0.4) is 0 Å². The molecule has 31 heavy (non-hydrogen) atoms. The number of hydrogen-bond acceptors (Lipinski definition) is 3. The summed E-state index contributed by atoms with van der Waals surface area (Å²) < 4.78 is 39.3. The summed E-state index contributed by atoms with van der Waals surface area (Å²) in [5.41, 5.74) is 0.870. The van der Waals surface area contributed by atoms with Crippen molar-refractivity contribution in [2.45, 2.75) is 51.6 Å². The molecule has 3 rings (SSSR count). The number of alkyl halides is 3. The lowest BCUT2D eigenvalue weighted by Crippen LogP contribution is -2.50. The van der Waals surface area contributed by atoms with Crippen molar-refractivity contribution in [3.8, 4) is 0 Å². The molecule has 0 aliphatic carbocycles. The molecule has 2 amide bonds. The summed E-state index contributed by atoms with van der Waals surface area (Å²) in [7, 11) is 0. The maximum atomic E-state index is 13.1. The summed E-state index contributed by atoms with van der Waals surface area (Å²) >= 11 is 0. The SMILES string of the molecule is CC(C)(C)NC(=O)N(Cc1cccc(C(F)(F)F)c1)C[C@H]1CC(c2ccccc2)=NO1. The molecule has 2 aromatic rings. The Bertz CT molecular complexity index is 937. The molecule has 0 unspecified atom stereocenters. The van der Waals surface area contributed by atoms with Crippen molar-refractivity contribution >= 4 is 11.7 Å². The second-order valence-electron chi connectivity index (χ2n) is 8.59. The first-order valence-corrected chi connectivity index (χ1v) is 10.0. The number of carbonyl (C=O) groups is 1. The Balaban J connectivity index is 1.74. The van der Waals surface area contributed by atoms with E-state index in [2.05, 4.69) is 10.5 Å². The highest BCUT2D eigenvalue weighted by molar-refractivity contribution is 6.01. The van der Waals surface area contributed by atoms with E-state index >= 15 is 0 Å². The number of hydrogen-bond donors (Lipinski definition) is 1. The molecule has 5 nitrogen and oxygen atoms in total. The summed E-state index contributed by atoms with van der Waals surface area (Å²) in [6.45, 7) is 5.74. The van der Waals surface area contributed by atoms with Crippen LogP contribution >= 0.6 is 0 Å². The van der Waals surface area contributed by atoms with Crippen LogP contribution in [0.1, 0.15) is 43.9 Å². The van der Waals surface area contributed by atoms with Gasteiger partial charge in [0, 0.05) is 18.5 Å². The van der Waals surface area contributed by atoms with E-state index in [0.717, 1.165) is 23.4 Å². The van der Waals surface area contributed by atoms with Crippen molar-refractivity contribution in [2.75, 3.05) is 6.54 Å². The number of benzene rings is 2. The fourth-order valence-corrected chi connectivity index (χ4v) is 3.26. The predicted molar refractivity (Wildman–Crippen MR) is 113 cm³/mol. The van der Waals surface area contributed by atoms with Crippen molar-refractivity contribution < 1.29 is 22.8 Å². The quantitative estimate of drug-likeness (QED) is 0.704. The van der Waals surface area contributed by atoms with Crippen LogP contribution in [0.5, 0.6) is 0 Å². The maximum Gasteiger partial charge on any atom is 0.416 e. The number of oxime groups is 1. The van der Waals surface area contributed by atoms with Crippen molar-refractivity contribution in [3.63, 3.8) is 0 Å². The number of urea groups is 1. The van der Waals surface area contributed by atoms with Crippen molar-refractivity contribution in [1.29, 1.82) is 0 Å². The average molecular weight is 433 g/mol. The molecular formula is C23H26F3N3O2. The van der Waals surface area contributed by atoms with Crippen molar-refractivity contribution in [1.82, 2.24) is 10.2 Å². The van der Waals surface area contributed by atoms with Gasteiger partial charge in [-0.3, -0.25) is 0 Å². The Morgan fingerprint density at radius 1 is 1.13 bits per heavy atom. The van der Waals surface area contributed by atoms with Gasteiger partial charge in [0.05, 0.1) is 17.8 Å². The third kappa shape index (κ3) is 6.47. The van der Waals surface area contributed by atoms with Crippen LogP contribution in [0.4, 0.5) is 18.0 Å². The average Bonchev–Trinajstić information content (AvgIpc) is 3.15. The maximum absolute atomic E-state index is 13.1. The largest absolute Gasteiger partial charge is 0.416 e. The number of carbonyl (C=O) groups excluding carboxylic acids is 1. The van der Waals surface area contributed by atoms with E-state index in [0.29, 0.717) is 12.0 Å². The Morgan fingerprint density at radius 3 is 2.48 bits per heavy atom. The molecule has 1 heterocycles. The van der Waals surface area contributed by atoms with Gasteiger partial charge in [-0.2, -0.15) is 13.2 Å². The second-order valence-corrected chi connectivity index (χ2v) is 8.59. The lowest BCUT2D eigenvalue weighted by Gasteiger charge is -2.30. The molecule has 0 radical (unpaired) electrons. The van der Waals surface area contributed by atoms with Crippen LogP contribution in [0, 0.1) is 0 Å². The molecule has 1 aliphatic heterocycles. The fourth-order valence-electron chi connectivity index (χ4n) is 3.26. The monoisotopic (exact) mass is 433 g/mol. The minimum absolute atomic E-state index is 0.0202. The number of amides is 2. The van der Waals surface area contributed by atoms with Gasteiger partial charge in [0.15, 0.2) is 6.10 Å². The van der Waals surface area contributed by atoms with Gasteiger partial charge >= 0.3 is 12.2 Å². The third-order valence-electron chi connectivity index (χ3n) is 4.66. The van der Waals surface area contributed by atoms with Crippen LogP contribution < -0.4 is 5.32 Å². The molecule has 0 spiro atoms. The van der Waals surface area contributed by atoms with Crippen LogP contribution in [0.15, 0.2) is 59.8 Å². The lowest BCUT2D eigenvalue weighted by molar-refractivity contribution is -0.137. The highest BCUT2D eigenvalue weighted by Gasteiger charge is 2.32. The molecule has 2 aromatic carbocycles. The first-order valence-electron chi connectivity index (χ1n) is 10.0. The standard InChI is InChI=1S/C23H26F3N3O2/c1-22(2,3)27-21(30)29(14-16-8-7-11-18(12-16)23(24,25)26)15-19-13-20(28-31-19)17-9-5-4-6-10-17/h4-12,19H,13-15H2,1-3H3,(H,27,30)/t19-/m1/s1. The zero-order chi connectivity index (χ0) is 22.6. The van der Waals surface area contributed by atoms with Crippen LogP contribution in [0.2, 0.25) is 0 Å². The van der Waals surface area contributed by atoms with Crippen LogP contribution in [0.25, 0.3) is 0 Å². The van der Waals surface area contributed by atoms with Crippen LogP contribution in [-0.2, 0) is 17.6 Å². The fraction of sp³-hybridized carbons (Fsp3) is 0.391. The zero-order valence-electron chi connectivity index (χ0n) is 17.7. The molecule has 1 N–H and O–H groups in total. The Hall–Kier alpha value is -3.03. The van der Waals surface area contributed by atoms with Gasteiger partial charge in [0.1, 0.15) is 0 Å². The molecule has 1 atom stereocenters. The summed E-state index contributed by atoms with van der Waals surface area (Å²) in [6, 6.07) is 14.2. The van der Waals surface area contributed by atoms with Crippen molar-refractivity contribution in [2.24, 2.45) is 5.16 Å². The van der Waals surface area contributed by atoms with E-state index in [1.54, 1.807) is 6.07 Å². The highest BCUT2D eigenvalue weighted by Crippen LogP contribution is 2.30. The highest BCUT2D eigenvalue weighted by atomic mass is 19.4. The predicted octanol–water partition coefficient (Wildman–Crippen LogP) is 5.21. The molecule has 0 saturated heterocycles. The van der Waals surface area contributed by atoms with E-state index in [1.165, 1.54) is 11.0 Å². The van der Waals surface area contributed by atoms with Gasteiger partial charge in [-0.05, 0) is 44.0 Å². The van der Waals surface area contributed by atoms with Gasteiger partial charge in [-0.15, -0.1) is 0 Å². The number of halogens is 3. The Kier molecular flexibility index (Phi) is 6.57. The Morgan fingerprint density at radius 2 is 1.84 bits per heavy atom. The minimum Gasteiger partial charge on any atom is -0.390 e. The molecule has 0 bridgehead atoms. The lowest BCUT2D eigenvalue weighted by atomic mass is 10.0. The molecule has 8 heteroatoms. The van der Waals surface area contributed by atoms with E-state index in [1.807, 2.05) is 51.1 Å².